The quantitative estimate of drug-likeness (QED) is 0.879. The number of nitrogens with zero attached hydrogens (tertiary/aromatic N) is 3. The Bertz CT molecular complexity index is 783. The van der Waals surface area contributed by atoms with Gasteiger partial charge in [-0.15, -0.1) is 0 Å². The molecule has 6 heteroatoms. The Morgan fingerprint density at radius 1 is 1.40 bits per heavy atom. The predicted molar refractivity (Wildman–Crippen MR) is 96.0 cm³/mol. The van der Waals surface area contributed by atoms with Crippen molar-refractivity contribution in [2.45, 2.75) is 33.4 Å². The molecule has 0 spiro atoms. The third-order valence-corrected chi connectivity index (χ3v) is 4.71. The zero-order valence-electron chi connectivity index (χ0n) is 14.9. The van der Waals surface area contributed by atoms with Crippen LogP contribution in [0.4, 0.5) is 5.69 Å². The molecule has 1 heterocycles. The highest BCUT2D eigenvalue weighted by Crippen LogP contribution is 2.38. The van der Waals surface area contributed by atoms with E-state index < -0.39 is 0 Å². The number of hydrogen-bond acceptors (Lipinski definition) is 3. The van der Waals surface area contributed by atoms with Crippen molar-refractivity contribution in [2.75, 3.05) is 12.4 Å². The second-order valence-electron chi connectivity index (χ2n) is 6.72. The molecule has 1 aliphatic carbocycles. The summed E-state index contributed by atoms with van der Waals surface area (Å²) in [5.41, 5.74) is 2.22. The van der Waals surface area contributed by atoms with E-state index in [9.17, 15) is 9.59 Å². The summed E-state index contributed by atoms with van der Waals surface area (Å²) in [5.74, 6) is 0.521. The average Bonchev–Trinajstić information content (AvgIpc) is 3.17. The largest absolute Gasteiger partial charge is 0.336 e. The highest BCUT2D eigenvalue weighted by molar-refractivity contribution is 5.98. The number of rotatable bonds is 6. The van der Waals surface area contributed by atoms with Gasteiger partial charge in [0.2, 0.25) is 5.91 Å². The van der Waals surface area contributed by atoms with Gasteiger partial charge in [0.15, 0.2) is 0 Å². The van der Waals surface area contributed by atoms with Gasteiger partial charge in [0.1, 0.15) is 0 Å². The van der Waals surface area contributed by atoms with Crippen molar-refractivity contribution in [1.82, 2.24) is 14.5 Å². The van der Waals surface area contributed by atoms with Crippen molar-refractivity contribution in [3.63, 3.8) is 0 Å². The number of carbonyl (C=O) groups excluding carboxylic acids is 2. The molecular formula is C19H24N4O2. The lowest BCUT2D eigenvalue weighted by Gasteiger charge is -2.18. The third-order valence-electron chi connectivity index (χ3n) is 4.71. The molecule has 2 aromatic rings. The molecule has 2 amide bonds. The van der Waals surface area contributed by atoms with Gasteiger partial charge >= 0.3 is 0 Å². The first kappa shape index (κ1) is 17.2. The lowest BCUT2D eigenvalue weighted by Crippen LogP contribution is -2.27. The maximum atomic E-state index is 12.7. The van der Waals surface area contributed by atoms with Crippen LogP contribution in [0.3, 0.4) is 0 Å². The van der Waals surface area contributed by atoms with Crippen molar-refractivity contribution in [3.05, 3.63) is 48.0 Å². The van der Waals surface area contributed by atoms with Crippen molar-refractivity contribution in [1.29, 1.82) is 0 Å². The first-order chi connectivity index (χ1) is 12.0. The molecule has 0 saturated heterocycles. The van der Waals surface area contributed by atoms with E-state index in [1.807, 2.05) is 17.6 Å². The van der Waals surface area contributed by atoms with Gasteiger partial charge in [-0.05, 0) is 37.5 Å². The molecule has 0 unspecified atom stereocenters. The fraction of sp³-hybridized carbons (Fsp3) is 0.421. The SMILES string of the molecule is CCn1cncc1CN(C)C(=O)c1cccc(NC(=O)[C@@H]2C[C@H]2C)c1. The van der Waals surface area contributed by atoms with Gasteiger partial charge in [-0.3, -0.25) is 9.59 Å². The summed E-state index contributed by atoms with van der Waals surface area (Å²) < 4.78 is 2.01. The minimum absolute atomic E-state index is 0.0392. The number of nitrogens with one attached hydrogen (secondary N) is 1. The van der Waals surface area contributed by atoms with Gasteiger partial charge < -0.3 is 14.8 Å². The maximum Gasteiger partial charge on any atom is 0.254 e. The molecule has 0 aliphatic heterocycles. The zero-order valence-corrected chi connectivity index (χ0v) is 14.9. The number of carbonyl (C=O) groups is 2. The van der Waals surface area contributed by atoms with Crippen LogP contribution < -0.4 is 5.32 Å². The molecule has 1 saturated carbocycles. The van der Waals surface area contributed by atoms with Gasteiger partial charge in [0.05, 0.1) is 18.6 Å². The first-order valence-corrected chi connectivity index (χ1v) is 8.65. The molecular weight excluding hydrogens is 316 g/mol. The number of aryl methyl sites for hydroxylation is 1. The van der Waals surface area contributed by atoms with Crippen molar-refractivity contribution in [2.24, 2.45) is 11.8 Å². The molecule has 3 rings (SSSR count). The number of hydrogen-bond donors (Lipinski definition) is 1. The Morgan fingerprint density at radius 3 is 2.84 bits per heavy atom. The summed E-state index contributed by atoms with van der Waals surface area (Å²) in [7, 11) is 1.77. The summed E-state index contributed by atoms with van der Waals surface area (Å²) in [6.07, 6.45) is 4.49. The number of imidazole rings is 1. The van der Waals surface area contributed by atoms with E-state index in [1.165, 1.54) is 0 Å². The van der Waals surface area contributed by atoms with Crippen LogP contribution in [0.5, 0.6) is 0 Å². The van der Waals surface area contributed by atoms with Gasteiger partial charge in [-0.1, -0.05) is 13.0 Å². The van der Waals surface area contributed by atoms with Crippen molar-refractivity contribution in [3.8, 4) is 0 Å². The molecule has 0 bridgehead atoms. The molecule has 1 N–H and O–H groups in total. The van der Waals surface area contributed by atoms with Gasteiger partial charge in [-0.25, -0.2) is 4.98 Å². The first-order valence-electron chi connectivity index (χ1n) is 8.65. The van der Waals surface area contributed by atoms with Crippen LogP contribution in [0.2, 0.25) is 0 Å². The molecule has 1 aromatic heterocycles. The van der Waals surface area contributed by atoms with Crippen LogP contribution in [-0.4, -0.2) is 33.3 Å². The van der Waals surface area contributed by atoms with E-state index in [-0.39, 0.29) is 17.7 Å². The molecule has 0 radical (unpaired) electrons. The van der Waals surface area contributed by atoms with Gasteiger partial charge in [0, 0.05) is 37.0 Å². The standard InChI is InChI=1S/C19H24N4O2/c1-4-23-12-20-10-16(23)11-22(3)19(25)14-6-5-7-15(9-14)21-18(24)17-8-13(17)2/h5-7,9-10,12-13,17H,4,8,11H2,1-3H3,(H,21,24)/t13-,17-/m1/s1. The predicted octanol–water partition coefficient (Wildman–Crippen LogP) is 2.77. The van der Waals surface area contributed by atoms with Crippen LogP contribution in [0, 0.1) is 11.8 Å². The van der Waals surface area contributed by atoms with Crippen molar-refractivity contribution >= 4 is 17.5 Å². The minimum Gasteiger partial charge on any atom is -0.336 e. The van der Waals surface area contributed by atoms with E-state index >= 15 is 0 Å². The third kappa shape index (κ3) is 3.90. The normalized spacial score (nSPS) is 18.7. The van der Waals surface area contributed by atoms with E-state index in [0.29, 0.717) is 23.7 Å². The summed E-state index contributed by atoms with van der Waals surface area (Å²) in [6, 6.07) is 7.11. The van der Waals surface area contributed by atoms with Crippen molar-refractivity contribution < 1.29 is 9.59 Å². The number of aromatic nitrogens is 2. The smallest absolute Gasteiger partial charge is 0.254 e. The van der Waals surface area contributed by atoms with E-state index in [2.05, 4.69) is 17.2 Å². The molecule has 1 aliphatic rings. The Morgan fingerprint density at radius 2 is 2.16 bits per heavy atom. The summed E-state index contributed by atoms with van der Waals surface area (Å²) in [4.78, 5) is 30.5. The van der Waals surface area contributed by atoms with E-state index in [1.54, 1.807) is 42.7 Å². The van der Waals surface area contributed by atoms with E-state index in [4.69, 9.17) is 0 Å². The number of anilines is 1. The Labute approximate surface area is 147 Å². The summed E-state index contributed by atoms with van der Waals surface area (Å²) in [5, 5.41) is 2.91. The highest BCUT2D eigenvalue weighted by atomic mass is 16.2. The monoisotopic (exact) mass is 340 g/mol. The van der Waals surface area contributed by atoms with Gasteiger partial charge in [0.25, 0.3) is 5.91 Å². The second kappa shape index (κ2) is 7.09. The Kier molecular flexibility index (Phi) is 4.88. The highest BCUT2D eigenvalue weighted by Gasteiger charge is 2.39. The lowest BCUT2D eigenvalue weighted by molar-refractivity contribution is -0.117. The van der Waals surface area contributed by atoms with E-state index in [0.717, 1.165) is 18.7 Å². The fourth-order valence-electron chi connectivity index (χ4n) is 2.95. The molecule has 25 heavy (non-hydrogen) atoms. The molecule has 1 fully saturated rings. The molecule has 1 aromatic carbocycles. The molecule has 2 atom stereocenters. The molecule has 132 valence electrons. The Balaban J connectivity index is 1.67. The van der Waals surface area contributed by atoms with Crippen LogP contribution in [0.15, 0.2) is 36.8 Å². The topological polar surface area (TPSA) is 67.2 Å². The van der Waals surface area contributed by atoms with Crippen LogP contribution in [0.1, 0.15) is 36.3 Å². The number of benzene rings is 1. The summed E-state index contributed by atoms with van der Waals surface area (Å²) in [6.45, 7) is 5.42. The van der Waals surface area contributed by atoms with Crippen LogP contribution >= 0.6 is 0 Å². The summed E-state index contributed by atoms with van der Waals surface area (Å²) >= 11 is 0. The Hall–Kier alpha value is -2.63. The number of amides is 2. The van der Waals surface area contributed by atoms with Crippen LogP contribution in [-0.2, 0) is 17.9 Å². The lowest BCUT2D eigenvalue weighted by atomic mass is 10.1. The maximum absolute atomic E-state index is 12.7. The second-order valence-corrected chi connectivity index (χ2v) is 6.72. The fourth-order valence-corrected chi connectivity index (χ4v) is 2.95. The molecule has 6 nitrogen and oxygen atoms in total. The minimum atomic E-state index is -0.0836. The zero-order chi connectivity index (χ0) is 18.0. The average molecular weight is 340 g/mol. The van der Waals surface area contributed by atoms with Gasteiger partial charge in [-0.2, -0.15) is 0 Å². The van der Waals surface area contributed by atoms with Crippen LogP contribution in [0.25, 0.3) is 0 Å².